The lowest BCUT2D eigenvalue weighted by molar-refractivity contribution is 0.0745. The number of fused-ring (bicyclic) bond motifs is 1. The molecule has 21 heavy (non-hydrogen) atoms. The number of amides is 1. The van der Waals surface area contributed by atoms with Gasteiger partial charge in [0.05, 0.1) is 5.52 Å². The minimum absolute atomic E-state index is 0.140. The first kappa shape index (κ1) is 13.8. The third-order valence-corrected chi connectivity index (χ3v) is 3.83. The normalized spacial score (nSPS) is 15.9. The van der Waals surface area contributed by atoms with Gasteiger partial charge in [-0.15, -0.1) is 0 Å². The molecule has 1 aromatic heterocycles. The van der Waals surface area contributed by atoms with Crippen LogP contribution in [-0.2, 0) is 0 Å². The molecular weight excluding hydrogens is 264 g/mol. The van der Waals surface area contributed by atoms with Gasteiger partial charge in [-0.05, 0) is 25.0 Å². The maximum Gasteiger partial charge on any atom is 0.284 e. The van der Waals surface area contributed by atoms with Gasteiger partial charge in [-0.1, -0.05) is 24.6 Å². The fourth-order valence-corrected chi connectivity index (χ4v) is 2.71. The largest absolute Gasteiger partial charge is 0.388 e. The van der Waals surface area contributed by atoms with Crippen LogP contribution in [0.2, 0.25) is 0 Å². The van der Waals surface area contributed by atoms with Gasteiger partial charge in [0.15, 0.2) is 0 Å². The Morgan fingerprint density at radius 2 is 1.95 bits per heavy atom. The monoisotopic (exact) mass is 284 g/mol. The van der Waals surface area contributed by atoms with E-state index in [1.807, 2.05) is 42.4 Å². The van der Waals surface area contributed by atoms with E-state index < -0.39 is 0 Å². The lowest BCUT2D eigenvalue weighted by Gasteiger charge is -2.26. The number of hydrazine groups is 1. The fourth-order valence-electron chi connectivity index (χ4n) is 2.71. The highest BCUT2D eigenvalue weighted by atomic mass is 16.2. The Labute approximate surface area is 124 Å². The molecule has 0 saturated carbocycles. The molecule has 110 valence electrons. The van der Waals surface area contributed by atoms with Gasteiger partial charge in [-0.3, -0.25) is 10.2 Å². The number of carbonyl (C=O) groups is 1. The molecule has 0 aliphatic carbocycles. The number of aromatic nitrogens is 1. The van der Waals surface area contributed by atoms with Gasteiger partial charge < -0.3 is 5.32 Å². The van der Waals surface area contributed by atoms with E-state index in [-0.39, 0.29) is 5.91 Å². The molecule has 1 fully saturated rings. The summed E-state index contributed by atoms with van der Waals surface area (Å²) >= 11 is 0. The zero-order valence-electron chi connectivity index (χ0n) is 12.2. The molecule has 5 heteroatoms. The summed E-state index contributed by atoms with van der Waals surface area (Å²) in [4.78, 5) is 16.9. The number of pyridine rings is 1. The van der Waals surface area contributed by atoms with Gasteiger partial charge in [0.2, 0.25) is 0 Å². The SMILES string of the molecule is CNc1cc(C(=O)NN2CCCCC2)nc2ccccc12. The standard InChI is InChI=1S/C16H20N4O/c1-17-14-11-15(18-13-8-4-3-7-12(13)14)16(21)19-20-9-5-2-6-10-20/h3-4,7-8,11H,2,5-6,9-10H2,1H3,(H,17,18)(H,19,21). The van der Waals surface area contributed by atoms with Crippen molar-refractivity contribution in [2.45, 2.75) is 19.3 Å². The molecule has 3 rings (SSSR count). The fraction of sp³-hybridized carbons (Fsp3) is 0.375. The molecule has 0 unspecified atom stereocenters. The summed E-state index contributed by atoms with van der Waals surface area (Å²) in [7, 11) is 1.86. The molecule has 2 aromatic rings. The Kier molecular flexibility index (Phi) is 4.01. The molecule has 0 radical (unpaired) electrons. The Morgan fingerprint density at radius 3 is 2.71 bits per heavy atom. The highest BCUT2D eigenvalue weighted by molar-refractivity contribution is 5.99. The predicted octanol–water partition coefficient (Wildman–Crippen LogP) is 2.41. The number of nitrogens with zero attached hydrogens (tertiary/aromatic N) is 2. The molecule has 2 N–H and O–H groups in total. The lowest BCUT2D eigenvalue weighted by Crippen LogP contribution is -2.45. The van der Waals surface area contributed by atoms with Crippen LogP contribution in [0.1, 0.15) is 29.8 Å². The van der Waals surface area contributed by atoms with Crippen molar-refractivity contribution in [3.63, 3.8) is 0 Å². The van der Waals surface area contributed by atoms with Gasteiger partial charge in [0.25, 0.3) is 5.91 Å². The Balaban J connectivity index is 1.87. The molecule has 2 heterocycles. The summed E-state index contributed by atoms with van der Waals surface area (Å²) in [5.74, 6) is -0.140. The summed E-state index contributed by atoms with van der Waals surface area (Å²) in [5.41, 5.74) is 5.15. The predicted molar refractivity (Wildman–Crippen MR) is 84.2 cm³/mol. The Hall–Kier alpha value is -2.14. The number of piperidine rings is 1. The van der Waals surface area contributed by atoms with Gasteiger partial charge in [0.1, 0.15) is 5.69 Å². The summed E-state index contributed by atoms with van der Waals surface area (Å²) < 4.78 is 0. The topological polar surface area (TPSA) is 57.3 Å². The maximum atomic E-state index is 12.4. The highest BCUT2D eigenvalue weighted by Crippen LogP contribution is 2.22. The van der Waals surface area contributed by atoms with E-state index in [9.17, 15) is 4.79 Å². The molecule has 1 amide bonds. The number of nitrogens with one attached hydrogen (secondary N) is 2. The van der Waals surface area contributed by atoms with Gasteiger partial charge in [-0.2, -0.15) is 0 Å². The highest BCUT2D eigenvalue weighted by Gasteiger charge is 2.16. The van der Waals surface area contributed by atoms with Crippen LogP contribution >= 0.6 is 0 Å². The quantitative estimate of drug-likeness (QED) is 0.908. The summed E-state index contributed by atoms with van der Waals surface area (Å²) in [6.07, 6.45) is 3.50. The van der Waals surface area contributed by atoms with Crippen LogP contribution in [0.4, 0.5) is 5.69 Å². The van der Waals surface area contributed by atoms with E-state index in [0.29, 0.717) is 5.69 Å². The number of carbonyl (C=O) groups excluding carboxylic acids is 1. The summed E-state index contributed by atoms with van der Waals surface area (Å²) in [6, 6.07) is 9.63. The van der Waals surface area contributed by atoms with Crippen molar-refractivity contribution in [2.75, 3.05) is 25.5 Å². The number of rotatable bonds is 3. The maximum absolute atomic E-state index is 12.4. The second kappa shape index (κ2) is 6.10. The van der Waals surface area contributed by atoms with Crippen LogP contribution in [0, 0.1) is 0 Å². The van der Waals surface area contributed by atoms with E-state index in [2.05, 4.69) is 15.7 Å². The molecule has 0 atom stereocenters. The molecule has 1 saturated heterocycles. The minimum Gasteiger partial charge on any atom is -0.388 e. The van der Waals surface area contributed by atoms with Crippen molar-refractivity contribution in [1.29, 1.82) is 0 Å². The van der Waals surface area contributed by atoms with Crippen molar-refractivity contribution in [3.8, 4) is 0 Å². The molecule has 5 nitrogen and oxygen atoms in total. The number of hydrogen-bond acceptors (Lipinski definition) is 4. The van der Waals surface area contributed by atoms with Crippen molar-refractivity contribution in [2.24, 2.45) is 0 Å². The summed E-state index contributed by atoms with van der Waals surface area (Å²) in [6.45, 7) is 1.83. The van der Waals surface area contributed by atoms with Crippen LogP contribution < -0.4 is 10.7 Å². The lowest BCUT2D eigenvalue weighted by atomic mass is 10.1. The number of hydrogen-bond donors (Lipinski definition) is 2. The average molecular weight is 284 g/mol. The van der Waals surface area contributed by atoms with Crippen molar-refractivity contribution >= 4 is 22.5 Å². The van der Waals surface area contributed by atoms with Crippen LogP contribution in [0.15, 0.2) is 30.3 Å². The minimum atomic E-state index is -0.140. The molecular formula is C16H20N4O. The van der Waals surface area contributed by atoms with E-state index in [0.717, 1.165) is 42.5 Å². The van der Waals surface area contributed by atoms with E-state index in [1.165, 1.54) is 6.42 Å². The molecule has 1 aliphatic heterocycles. The van der Waals surface area contributed by atoms with E-state index >= 15 is 0 Å². The zero-order chi connectivity index (χ0) is 14.7. The second-order valence-electron chi connectivity index (χ2n) is 5.31. The molecule has 1 aliphatic rings. The van der Waals surface area contributed by atoms with Crippen molar-refractivity contribution < 1.29 is 4.79 Å². The molecule has 1 aromatic carbocycles. The average Bonchev–Trinajstić information content (AvgIpc) is 2.54. The number of anilines is 1. The first-order valence-corrected chi connectivity index (χ1v) is 7.41. The third-order valence-electron chi connectivity index (χ3n) is 3.83. The van der Waals surface area contributed by atoms with E-state index in [1.54, 1.807) is 0 Å². The number of para-hydroxylation sites is 1. The number of benzene rings is 1. The summed E-state index contributed by atoms with van der Waals surface area (Å²) in [5, 5.41) is 6.15. The Morgan fingerprint density at radius 1 is 1.19 bits per heavy atom. The molecule has 0 spiro atoms. The van der Waals surface area contributed by atoms with Crippen molar-refractivity contribution in [3.05, 3.63) is 36.0 Å². The van der Waals surface area contributed by atoms with E-state index in [4.69, 9.17) is 0 Å². The van der Waals surface area contributed by atoms with Gasteiger partial charge in [-0.25, -0.2) is 9.99 Å². The second-order valence-corrected chi connectivity index (χ2v) is 5.31. The zero-order valence-corrected chi connectivity index (χ0v) is 12.2. The van der Waals surface area contributed by atoms with Crippen molar-refractivity contribution in [1.82, 2.24) is 15.4 Å². The van der Waals surface area contributed by atoms with Gasteiger partial charge >= 0.3 is 0 Å². The van der Waals surface area contributed by atoms with Crippen LogP contribution in [0.5, 0.6) is 0 Å². The Bertz CT molecular complexity index is 650. The van der Waals surface area contributed by atoms with Crippen LogP contribution in [-0.4, -0.2) is 36.0 Å². The van der Waals surface area contributed by atoms with Crippen LogP contribution in [0.3, 0.4) is 0 Å². The molecule has 0 bridgehead atoms. The van der Waals surface area contributed by atoms with Gasteiger partial charge in [0, 0.05) is 31.2 Å². The third kappa shape index (κ3) is 2.97. The smallest absolute Gasteiger partial charge is 0.284 e. The van der Waals surface area contributed by atoms with Crippen LogP contribution in [0.25, 0.3) is 10.9 Å². The first-order valence-electron chi connectivity index (χ1n) is 7.41. The first-order chi connectivity index (χ1) is 10.3.